The zero-order valence-electron chi connectivity index (χ0n) is 15.5. The fourth-order valence-corrected chi connectivity index (χ4v) is 3.60. The average Bonchev–Trinajstić information content (AvgIpc) is 2.88. The molecule has 3 heteroatoms. The SMILES string of the molecule is Cc1ccc(-n2c(C)cc(C=C(C#N)c3ccccc3Cl)c2C)c(C)c1. The molecule has 0 fully saturated rings. The molecular formula is C23H21ClN2. The molecule has 3 aromatic rings. The van der Waals surface area contributed by atoms with Crippen molar-refractivity contribution in [3.63, 3.8) is 0 Å². The molecular weight excluding hydrogens is 340 g/mol. The minimum absolute atomic E-state index is 0.566. The van der Waals surface area contributed by atoms with E-state index in [9.17, 15) is 5.26 Å². The van der Waals surface area contributed by atoms with Crippen molar-refractivity contribution < 1.29 is 0 Å². The van der Waals surface area contributed by atoms with E-state index in [0.717, 1.165) is 22.5 Å². The molecule has 0 unspecified atom stereocenters. The number of benzene rings is 2. The lowest BCUT2D eigenvalue weighted by molar-refractivity contribution is 0.952. The van der Waals surface area contributed by atoms with Crippen molar-refractivity contribution >= 4 is 23.3 Å². The van der Waals surface area contributed by atoms with Gasteiger partial charge in [0, 0.05) is 27.7 Å². The molecule has 0 radical (unpaired) electrons. The van der Waals surface area contributed by atoms with Gasteiger partial charge in [-0.25, -0.2) is 0 Å². The lowest BCUT2D eigenvalue weighted by Gasteiger charge is -2.13. The van der Waals surface area contributed by atoms with E-state index in [-0.39, 0.29) is 0 Å². The second-order valence-electron chi connectivity index (χ2n) is 6.60. The van der Waals surface area contributed by atoms with Crippen LogP contribution in [0.2, 0.25) is 5.02 Å². The first kappa shape index (κ1) is 18.0. The minimum atomic E-state index is 0.566. The Morgan fingerprint density at radius 2 is 1.77 bits per heavy atom. The minimum Gasteiger partial charge on any atom is -0.318 e. The van der Waals surface area contributed by atoms with E-state index in [1.165, 1.54) is 16.8 Å². The molecule has 130 valence electrons. The number of allylic oxidation sites excluding steroid dienone is 1. The van der Waals surface area contributed by atoms with Crippen molar-refractivity contribution in [1.29, 1.82) is 5.26 Å². The second kappa shape index (κ2) is 7.23. The molecule has 0 saturated heterocycles. The van der Waals surface area contributed by atoms with Gasteiger partial charge in [-0.05, 0) is 63.1 Å². The van der Waals surface area contributed by atoms with E-state index in [4.69, 9.17) is 11.6 Å². The highest BCUT2D eigenvalue weighted by molar-refractivity contribution is 6.32. The summed E-state index contributed by atoms with van der Waals surface area (Å²) in [5.41, 5.74) is 8.24. The lowest BCUT2D eigenvalue weighted by Crippen LogP contribution is -2.01. The van der Waals surface area contributed by atoms with E-state index >= 15 is 0 Å². The monoisotopic (exact) mass is 360 g/mol. The van der Waals surface area contributed by atoms with Crippen molar-refractivity contribution in [3.05, 3.63) is 87.2 Å². The summed E-state index contributed by atoms with van der Waals surface area (Å²) >= 11 is 6.27. The normalized spacial score (nSPS) is 11.5. The summed E-state index contributed by atoms with van der Waals surface area (Å²) in [6.07, 6.45) is 1.92. The van der Waals surface area contributed by atoms with E-state index in [2.05, 4.69) is 62.6 Å². The maximum absolute atomic E-state index is 9.64. The Labute approximate surface area is 160 Å². The fraction of sp³-hybridized carbons (Fsp3) is 0.174. The molecule has 2 aromatic carbocycles. The average molecular weight is 361 g/mol. The Morgan fingerprint density at radius 3 is 2.42 bits per heavy atom. The number of hydrogen-bond acceptors (Lipinski definition) is 1. The molecule has 0 bridgehead atoms. The Kier molecular flexibility index (Phi) is 5.02. The first-order valence-corrected chi connectivity index (χ1v) is 8.93. The van der Waals surface area contributed by atoms with Crippen molar-refractivity contribution in [2.45, 2.75) is 27.7 Å². The summed E-state index contributed by atoms with van der Waals surface area (Å²) in [6.45, 7) is 8.40. The third kappa shape index (κ3) is 3.31. The Morgan fingerprint density at radius 1 is 1.04 bits per heavy atom. The van der Waals surface area contributed by atoms with Gasteiger partial charge in [-0.2, -0.15) is 5.26 Å². The molecule has 0 aliphatic heterocycles. The van der Waals surface area contributed by atoms with Crippen LogP contribution in [-0.2, 0) is 0 Å². The first-order valence-electron chi connectivity index (χ1n) is 8.55. The van der Waals surface area contributed by atoms with E-state index in [1.54, 1.807) is 6.07 Å². The Balaban J connectivity index is 2.14. The van der Waals surface area contributed by atoms with Crippen molar-refractivity contribution in [2.24, 2.45) is 0 Å². The van der Waals surface area contributed by atoms with Crippen LogP contribution in [0.3, 0.4) is 0 Å². The van der Waals surface area contributed by atoms with E-state index in [1.807, 2.05) is 24.3 Å². The standard InChI is InChI=1S/C23H21ClN2/c1-15-9-10-23(16(2)11-15)26-17(3)12-19(18(26)4)13-20(14-25)21-7-5-6-8-22(21)24/h5-13H,1-4H3. The number of nitriles is 1. The third-order valence-electron chi connectivity index (χ3n) is 4.65. The highest BCUT2D eigenvalue weighted by Gasteiger charge is 2.13. The number of rotatable bonds is 3. The highest BCUT2D eigenvalue weighted by atomic mass is 35.5. The summed E-state index contributed by atoms with van der Waals surface area (Å²) in [4.78, 5) is 0. The molecule has 2 nitrogen and oxygen atoms in total. The van der Waals surface area contributed by atoms with Crippen LogP contribution in [0.4, 0.5) is 0 Å². The smallest absolute Gasteiger partial charge is 0.0998 e. The summed E-state index contributed by atoms with van der Waals surface area (Å²) in [5, 5.41) is 10.2. The van der Waals surface area contributed by atoms with Crippen LogP contribution in [0.5, 0.6) is 0 Å². The van der Waals surface area contributed by atoms with Gasteiger partial charge in [0.1, 0.15) is 0 Å². The van der Waals surface area contributed by atoms with Crippen molar-refractivity contribution in [1.82, 2.24) is 4.57 Å². The molecule has 0 atom stereocenters. The maximum atomic E-state index is 9.64. The second-order valence-corrected chi connectivity index (χ2v) is 7.01. The molecule has 1 aromatic heterocycles. The first-order chi connectivity index (χ1) is 12.4. The number of aromatic nitrogens is 1. The Bertz CT molecular complexity index is 1050. The van der Waals surface area contributed by atoms with Gasteiger partial charge < -0.3 is 4.57 Å². The zero-order chi connectivity index (χ0) is 18.8. The van der Waals surface area contributed by atoms with Gasteiger partial charge in [0.05, 0.1) is 11.6 Å². The van der Waals surface area contributed by atoms with Crippen LogP contribution in [0.15, 0.2) is 48.5 Å². The van der Waals surface area contributed by atoms with Crippen LogP contribution >= 0.6 is 11.6 Å². The highest BCUT2D eigenvalue weighted by Crippen LogP contribution is 2.29. The van der Waals surface area contributed by atoms with Gasteiger partial charge in [0.15, 0.2) is 0 Å². The summed E-state index contributed by atoms with van der Waals surface area (Å²) in [7, 11) is 0. The van der Waals surface area contributed by atoms with Gasteiger partial charge in [-0.15, -0.1) is 0 Å². The summed E-state index contributed by atoms with van der Waals surface area (Å²) in [6, 6.07) is 18.3. The predicted octanol–water partition coefficient (Wildman–Crippen LogP) is 6.43. The molecule has 26 heavy (non-hydrogen) atoms. The Hall–Kier alpha value is -2.76. The zero-order valence-corrected chi connectivity index (χ0v) is 16.2. The number of halogens is 1. The van der Waals surface area contributed by atoms with Gasteiger partial charge >= 0.3 is 0 Å². The number of hydrogen-bond donors (Lipinski definition) is 0. The fourth-order valence-electron chi connectivity index (χ4n) is 3.37. The molecule has 3 rings (SSSR count). The van der Waals surface area contributed by atoms with Gasteiger partial charge in [-0.3, -0.25) is 0 Å². The molecule has 1 heterocycles. The molecule has 0 spiro atoms. The van der Waals surface area contributed by atoms with Crippen LogP contribution in [0.1, 0.15) is 33.6 Å². The van der Waals surface area contributed by atoms with Crippen molar-refractivity contribution in [2.75, 3.05) is 0 Å². The quantitative estimate of drug-likeness (QED) is 0.495. The topological polar surface area (TPSA) is 28.7 Å². The molecule has 0 N–H and O–H groups in total. The van der Waals surface area contributed by atoms with Crippen LogP contribution < -0.4 is 0 Å². The van der Waals surface area contributed by atoms with Crippen LogP contribution in [0.25, 0.3) is 17.3 Å². The lowest BCUT2D eigenvalue weighted by atomic mass is 10.0. The van der Waals surface area contributed by atoms with Gasteiger partial charge in [0.25, 0.3) is 0 Å². The molecule has 0 aliphatic rings. The van der Waals surface area contributed by atoms with Gasteiger partial charge in [0.2, 0.25) is 0 Å². The van der Waals surface area contributed by atoms with Crippen molar-refractivity contribution in [3.8, 4) is 11.8 Å². The van der Waals surface area contributed by atoms with E-state index in [0.29, 0.717) is 10.6 Å². The molecule has 0 saturated carbocycles. The van der Waals surface area contributed by atoms with Crippen LogP contribution in [-0.4, -0.2) is 4.57 Å². The maximum Gasteiger partial charge on any atom is 0.0998 e. The predicted molar refractivity (Wildman–Crippen MR) is 110 cm³/mol. The number of aryl methyl sites for hydroxylation is 3. The molecule has 0 amide bonds. The number of nitrogens with zero attached hydrogens (tertiary/aromatic N) is 2. The third-order valence-corrected chi connectivity index (χ3v) is 4.98. The van der Waals surface area contributed by atoms with Gasteiger partial charge in [-0.1, -0.05) is 47.5 Å². The largest absolute Gasteiger partial charge is 0.318 e. The molecule has 0 aliphatic carbocycles. The summed E-state index contributed by atoms with van der Waals surface area (Å²) in [5.74, 6) is 0. The van der Waals surface area contributed by atoms with E-state index < -0.39 is 0 Å². The summed E-state index contributed by atoms with van der Waals surface area (Å²) < 4.78 is 2.24. The van der Waals surface area contributed by atoms with Crippen LogP contribution in [0, 0.1) is 39.0 Å².